The van der Waals surface area contributed by atoms with Crippen molar-refractivity contribution in [2.24, 2.45) is 0 Å². The van der Waals surface area contributed by atoms with Crippen LogP contribution in [0.5, 0.6) is 5.75 Å². The zero-order valence-corrected chi connectivity index (χ0v) is 12.0. The quantitative estimate of drug-likeness (QED) is 0.832. The molecule has 5 heteroatoms. The number of hydrogen-bond donors (Lipinski definition) is 1. The van der Waals surface area contributed by atoms with E-state index in [1.807, 2.05) is 30.3 Å². The Morgan fingerprint density at radius 1 is 1.18 bits per heavy atom. The second kappa shape index (κ2) is 6.85. The fraction of sp³-hybridized carbons (Fsp3) is 0.176. The Hall–Kier alpha value is -2.69. The van der Waals surface area contributed by atoms with Crippen molar-refractivity contribution in [1.82, 2.24) is 0 Å². The maximum Gasteiger partial charge on any atom is 0.307 e. The van der Waals surface area contributed by atoms with Crippen LogP contribution in [0.2, 0.25) is 0 Å². The summed E-state index contributed by atoms with van der Waals surface area (Å²) in [6.07, 6.45) is -0.364. The van der Waals surface area contributed by atoms with Crippen LogP contribution in [0.15, 0.2) is 42.5 Å². The van der Waals surface area contributed by atoms with Crippen molar-refractivity contribution in [1.29, 1.82) is 0 Å². The molecule has 22 heavy (non-hydrogen) atoms. The van der Waals surface area contributed by atoms with Crippen LogP contribution in [0.3, 0.4) is 0 Å². The van der Waals surface area contributed by atoms with E-state index < -0.39 is 11.8 Å². The number of carboxylic acid groups (broad SMARTS) is 1. The highest BCUT2D eigenvalue weighted by Gasteiger charge is 2.16. The molecule has 0 radical (unpaired) electrons. The monoisotopic (exact) mass is 302 g/mol. The Labute approximate surface area is 127 Å². The van der Waals surface area contributed by atoms with Crippen molar-refractivity contribution in [3.8, 4) is 5.75 Å². The maximum atomic E-state index is 14.0. The minimum absolute atomic E-state index is 0.0620. The average Bonchev–Trinajstić information content (AvgIpc) is 2.47. The summed E-state index contributed by atoms with van der Waals surface area (Å²) in [5, 5.41) is 8.90. The van der Waals surface area contributed by atoms with Crippen molar-refractivity contribution in [3.63, 3.8) is 0 Å². The minimum Gasteiger partial charge on any atom is -0.486 e. The summed E-state index contributed by atoms with van der Waals surface area (Å²) in [5.74, 6) is -2.23. The highest BCUT2D eigenvalue weighted by molar-refractivity contribution is 5.96. The standard InChI is InChI=1S/C17H15FO4/c1-11(19)14-9-15(18)16(7-13(14)8-17(20)21)22-10-12-5-3-2-4-6-12/h2-7,9H,8,10H2,1H3,(H,20,21). The van der Waals surface area contributed by atoms with E-state index in [4.69, 9.17) is 9.84 Å². The van der Waals surface area contributed by atoms with Crippen LogP contribution in [0.25, 0.3) is 0 Å². The molecule has 2 aromatic carbocycles. The van der Waals surface area contributed by atoms with Gasteiger partial charge in [0, 0.05) is 5.56 Å². The molecule has 114 valence electrons. The van der Waals surface area contributed by atoms with E-state index in [1.54, 1.807) is 0 Å². The molecule has 0 aliphatic rings. The number of carboxylic acids is 1. The third-order valence-electron chi connectivity index (χ3n) is 3.12. The first kappa shape index (κ1) is 15.7. The van der Waals surface area contributed by atoms with Gasteiger partial charge in [-0.15, -0.1) is 0 Å². The summed E-state index contributed by atoms with van der Waals surface area (Å²) in [6, 6.07) is 11.5. The number of carbonyl (C=O) groups excluding carboxylic acids is 1. The molecule has 4 nitrogen and oxygen atoms in total. The van der Waals surface area contributed by atoms with Gasteiger partial charge in [0.2, 0.25) is 0 Å². The van der Waals surface area contributed by atoms with E-state index in [1.165, 1.54) is 13.0 Å². The lowest BCUT2D eigenvalue weighted by Crippen LogP contribution is -2.08. The second-order valence-corrected chi connectivity index (χ2v) is 4.84. The van der Waals surface area contributed by atoms with Gasteiger partial charge in [0.15, 0.2) is 17.3 Å². The van der Waals surface area contributed by atoms with Crippen molar-refractivity contribution >= 4 is 11.8 Å². The number of carbonyl (C=O) groups is 2. The van der Waals surface area contributed by atoms with E-state index in [0.29, 0.717) is 0 Å². The molecule has 0 saturated carbocycles. The molecule has 0 atom stereocenters. The zero-order valence-electron chi connectivity index (χ0n) is 12.0. The van der Waals surface area contributed by atoms with Crippen molar-refractivity contribution in [2.45, 2.75) is 20.0 Å². The van der Waals surface area contributed by atoms with Crippen LogP contribution in [0.1, 0.15) is 28.4 Å². The highest BCUT2D eigenvalue weighted by Crippen LogP contribution is 2.24. The topological polar surface area (TPSA) is 63.6 Å². The fourth-order valence-electron chi connectivity index (χ4n) is 2.08. The van der Waals surface area contributed by atoms with E-state index >= 15 is 0 Å². The number of hydrogen-bond acceptors (Lipinski definition) is 3. The normalized spacial score (nSPS) is 10.3. The maximum absolute atomic E-state index is 14.0. The lowest BCUT2D eigenvalue weighted by molar-refractivity contribution is -0.136. The van der Waals surface area contributed by atoms with Gasteiger partial charge < -0.3 is 9.84 Å². The summed E-state index contributed by atoms with van der Waals surface area (Å²) in [6.45, 7) is 1.42. The summed E-state index contributed by atoms with van der Waals surface area (Å²) in [7, 11) is 0. The molecule has 0 bridgehead atoms. The summed E-state index contributed by atoms with van der Waals surface area (Å²) < 4.78 is 19.4. The van der Waals surface area contributed by atoms with Gasteiger partial charge in [-0.05, 0) is 30.2 Å². The van der Waals surface area contributed by atoms with Crippen molar-refractivity contribution in [3.05, 3.63) is 65.0 Å². The fourth-order valence-corrected chi connectivity index (χ4v) is 2.08. The Bertz CT molecular complexity index is 695. The number of ether oxygens (including phenoxy) is 1. The third kappa shape index (κ3) is 3.91. The lowest BCUT2D eigenvalue weighted by atomic mass is 10.0. The highest BCUT2D eigenvalue weighted by atomic mass is 19.1. The van der Waals surface area contributed by atoms with E-state index in [-0.39, 0.29) is 35.7 Å². The van der Waals surface area contributed by atoms with Crippen molar-refractivity contribution < 1.29 is 23.8 Å². The van der Waals surface area contributed by atoms with E-state index in [0.717, 1.165) is 11.6 Å². The lowest BCUT2D eigenvalue weighted by Gasteiger charge is -2.11. The third-order valence-corrected chi connectivity index (χ3v) is 3.12. The van der Waals surface area contributed by atoms with Crippen LogP contribution in [-0.2, 0) is 17.8 Å². The summed E-state index contributed by atoms with van der Waals surface area (Å²) in [4.78, 5) is 22.4. The SMILES string of the molecule is CC(=O)c1cc(F)c(OCc2ccccc2)cc1CC(=O)O. The molecule has 0 unspecified atom stereocenters. The Morgan fingerprint density at radius 3 is 2.45 bits per heavy atom. The van der Waals surface area contributed by atoms with Crippen molar-refractivity contribution in [2.75, 3.05) is 0 Å². The average molecular weight is 302 g/mol. The van der Waals surface area contributed by atoms with Gasteiger partial charge in [0.25, 0.3) is 0 Å². The molecule has 2 rings (SSSR count). The predicted molar refractivity (Wildman–Crippen MR) is 78.5 cm³/mol. The van der Waals surface area contributed by atoms with Gasteiger partial charge in [-0.25, -0.2) is 4.39 Å². The number of halogens is 1. The molecule has 0 aromatic heterocycles. The molecule has 0 fully saturated rings. The Kier molecular flexibility index (Phi) is 4.88. The smallest absolute Gasteiger partial charge is 0.307 e. The Morgan fingerprint density at radius 2 is 1.86 bits per heavy atom. The van der Waals surface area contributed by atoms with Gasteiger partial charge in [-0.2, -0.15) is 0 Å². The number of ketones is 1. The van der Waals surface area contributed by atoms with E-state index in [2.05, 4.69) is 0 Å². The first-order chi connectivity index (χ1) is 10.5. The predicted octanol–water partition coefficient (Wildman–Crippen LogP) is 3.23. The number of aliphatic carboxylic acids is 1. The van der Waals surface area contributed by atoms with E-state index in [9.17, 15) is 14.0 Å². The van der Waals surface area contributed by atoms with Gasteiger partial charge in [-0.3, -0.25) is 9.59 Å². The van der Waals surface area contributed by atoms with Gasteiger partial charge in [0.05, 0.1) is 6.42 Å². The number of rotatable bonds is 6. The van der Waals surface area contributed by atoms with Gasteiger partial charge in [0.1, 0.15) is 6.61 Å². The molecule has 0 saturated heterocycles. The Balaban J connectivity index is 2.27. The molecule has 2 aromatic rings. The zero-order chi connectivity index (χ0) is 16.1. The van der Waals surface area contributed by atoms with Crippen LogP contribution in [0.4, 0.5) is 4.39 Å². The second-order valence-electron chi connectivity index (χ2n) is 4.84. The molecule has 0 spiro atoms. The van der Waals surface area contributed by atoms with Gasteiger partial charge in [-0.1, -0.05) is 30.3 Å². The first-order valence-corrected chi connectivity index (χ1v) is 6.69. The molecular formula is C17H15FO4. The van der Waals surface area contributed by atoms with Gasteiger partial charge >= 0.3 is 5.97 Å². The van der Waals surface area contributed by atoms with Crippen LogP contribution >= 0.6 is 0 Å². The summed E-state index contributed by atoms with van der Waals surface area (Å²) >= 11 is 0. The molecule has 1 N–H and O–H groups in total. The number of Topliss-reactive ketones (excluding diaryl/α,β-unsaturated/α-hetero) is 1. The summed E-state index contributed by atoms with van der Waals surface area (Å²) in [5.41, 5.74) is 1.16. The van der Waals surface area contributed by atoms with Crippen LogP contribution < -0.4 is 4.74 Å². The largest absolute Gasteiger partial charge is 0.486 e. The number of benzene rings is 2. The molecule has 0 aliphatic carbocycles. The molecule has 0 aliphatic heterocycles. The molecule has 0 amide bonds. The minimum atomic E-state index is -1.09. The molecule has 0 heterocycles. The molecular weight excluding hydrogens is 287 g/mol. The first-order valence-electron chi connectivity index (χ1n) is 6.69. The van der Waals surface area contributed by atoms with Crippen LogP contribution in [0, 0.1) is 5.82 Å². The van der Waals surface area contributed by atoms with Crippen LogP contribution in [-0.4, -0.2) is 16.9 Å².